The Labute approximate surface area is 184 Å². The van der Waals surface area contributed by atoms with Crippen LogP contribution >= 0.6 is 0 Å². The van der Waals surface area contributed by atoms with E-state index in [9.17, 15) is 40.9 Å². The summed E-state index contributed by atoms with van der Waals surface area (Å²) in [5, 5.41) is 78.7. The maximum absolute atomic E-state index is 10.3. The summed E-state index contributed by atoms with van der Waals surface area (Å²) in [5.41, 5.74) is 0.759. The van der Waals surface area contributed by atoms with Gasteiger partial charge in [0.1, 0.15) is 66.8 Å². The summed E-state index contributed by atoms with van der Waals surface area (Å²) in [7, 11) is 1.38. The Morgan fingerprint density at radius 3 is 2.00 bits per heavy atom. The van der Waals surface area contributed by atoms with E-state index in [0.717, 1.165) is 0 Å². The van der Waals surface area contributed by atoms with E-state index in [4.69, 9.17) is 14.2 Å². The Morgan fingerprint density at radius 2 is 1.41 bits per heavy atom. The third-order valence-corrected chi connectivity index (χ3v) is 5.69. The standard InChI is InChI=1S/C21H28O11/c1-30-12-6-10(21-20(29)19(28)17(26)14(8-23)32-21)3-2-9(12)4-5-11-15(24)18(27)16(25)13(7-22)31-11/h2-3,6,11,13-29H,7-8H2,1H3. The van der Waals surface area contributed by atoms with Gasteiger partial charge in [-0.1, -0.05) is 17.9 Å². The molecule has 2 fully saturated rings. The first-order chi connectivity index (χ1) is 15.2. The third-order valence-electron chi connectivity index (χ3n) is 5.69. The van der Waals surface area contributed by atoms with Gasteiger partial charge in [-0.05, 0) is 17.7 Å². The summed E-state index contributed by atoms with van der Waals surface area (Å²) >= 11 is 0. The highest BCUT2D eigenvalue weighted by molar-refractivity contribution is 5.49. The topological polar surface area (TPSA) is 190 Å². The number of ether oxygens (including phenoxy) is 3. The van der Waals surface area contributed by atoms with Gasteiger partial charge in [-0.2, -0.15) is 0 Å². The second-order valence-electron chi connectivity index (χ2n) is 7.73. The highest BCUT2D eigenvalue weighted by Gasteiger charge is 2.44. The SMILES string of the molecule is COc1cc(C2OC(CO)C(O)C(O)C2O)ccc1C#CC1OC(CO)C(O)C(O)C1O. The molecule has 1 aromatic rings. The molecule has 10 unspecified atom stereocenters. The van der Waals surface area contributed by atoms with E-state index in [0.29, 0.717) is 11.1 Å². The van der Waals surface area contributed by atoms with Crippen molar-refractivity contribution in [1.82, 2.24) is 0 Å². The smallest absolute Gasteiger partial charge is 0.147 e. The molecule has 3 rings (SSSR count). The van der Waals surface area contributed by atoms with Crippen molar-refractivity contribution in [3.05, 3.63) is 29.3 Å². The predicted molar refractivity (Wildman–Crippen MR) is 106 cm³/mol. The molecular formula is C21H28O11. The molecule has 1 aromatic carbocycles. The molecule has 0 saturated carbocycles. The van der Waals surface area contributed by atoms with E-state index >= 15 is 0 Å². The average Bonchev–Trinajstić information content (AvgIpc) is 2.81. The number of aliphatic hydroxyl groups excluding tert-OH is 8. The summed E-state index contributed by atoms with van der Waals surface area (Å²) in [6.07, 6.45) is -13.4. The predicted octanol–water partition coefficient (Wildman–Crippen LogP) is -3.60. The van der Waals surface area contributed by atoms with Crippen LogP contribution in [0.1, 0.15) is 17.2 Å². The summed E-state index contributed by atoms with van der Waals surface area (Å²) in [5.74, 6) is 5.66. The lowest BCUT2D eigenvalue weighted by atomic mass is 9.90. The van der Waals surface area contributed by atoms with Crippen LogP contribution < -0.4 is 4.74 Å². The van der Waals surface area contributed by atoms with Crippen LogP contribution in [0.15, 0.2) is 18.2 Å². The zero-order valence-corrected chi connectivity index (χ0v) is 17.2. The average molecular weight is 456 g/mol. The monoisotopic (exact) mass is 456 g/mol. The number of benzene rings is 1. The van der Waals surface area contributed by atoms with Gasteiger partial charge < -0.3 is 55.1 Å². The molecule has 0 spiro atoms. The molecule has 0 aliphatic carbocycles. The van der Waals surface area contributed by atoms with Crippen molar-refractivity contribution >= 4 is 0 Å². The van der Waals surface area contributed by atoms with E-state index in [2.05, 4.69) is 11.8 Å². The van der Waals surface area contributed by atoms with Crippen LogP contribution in [-0.4, -0.2) is 116 Å². The van der Waals surface area contributed by atoms with Crippen LogP contribution in [0.3, 0.4) is 0 Å². The van der Waals surface area contributed by atoms with Gasteiger partial charge >= 0.3 is 0 Å². The van der Waals surface area contributed by atoms with Crippen LogP contribution in [0.4, 0.5) is 0 Å². The molecule has 2 aliphatic heterocycles. The van der Waals surface area contributed by atoms with E-state index in [1.54, 1.807) is 6.07 Å². The normalized spacial score (nSPS) is 39.8. The number of rotatable bonds is 4. The molecular weight excluding hydrogens is 428 g/mol. The third kappa shape index (κ3) is 4.75. The number of aliphatic hydroxyl groups is 8. The van der Waals surface area contributed by atoms with Gasteiger partial charge in [0.2, 0.25) is 0 Å². The van der Waals surface area contributed by atoms with Crippen LogP contribution in [0.2, 0.25) is 0 Å². The minimum absolute atomic E-state index is 0.261. The highest BCUT2D eigenvalue weighted by Crippen LogP contribution is 2.34. The molecule has 2 aliphatic rings. The van der Waals surface area contributed by atoms with Gasteiger partial charge in [0.15, 0.2) is 0 Å². The Hall–Kier alpha value is -1.82. The molecule has 0 aromatic heterocycles. The van der Waals surface area contributed by atoms with Crippen molar-refractivity contribution < 1.29 is 55.1 Å². The van der Waals surface area contributed by atoms with Crippen molar-refractivity contribution in [2.75, 3.05) is 20.3 Å². The number of hydrogen-bond donors (Lipinski definition) is 8. The number of hydrogen-bond acceptors (Lipinski definition) is 11. The molecule has 11 heteroatoms. The molecule has 2 heterocycles. The minimum atomic E-state index is -1.55. The Bertz CT molecular complexity index is 833. The fraction of sp³-hybridized carbons (Fsp3) is 0.619. The van der Waals surface area contributed by atoms with Crippen molar-refractivity contribution in [2.24, 2.45) is 0 Å². The summed E-state index contributed by atoms with van der Waals surface area (Å²) in [6, 6.07) is 4.59. The quantitative estimate of drug-likeness (QED) is 0.209. The van der Waals surface area contributed by atoms with E-state index in [-0.39, 0.29) is 5.75 Å². The van der Waals surface area contributed by atoms with Crippen LogP contribution in [0.5, 0.6) is 5.75 Å². The van der Waals surface area contributed by atoms with Gasteiger partial charge in [0.05, 0.1) is 25.9 Å². The second-order valence-corrected chi connectivity index (χ2v) is 7.73. The lowest BCUT2D eigenvalue weighted by Gasteiger charge is -2.40. The molecule has 32 heavy (non-hydrogen) atoms. The molecule has 0 bridgehead atoms. The molecule has 8 N–H and O–H groups in total. The van der Waals surface area contributed by atoms with Crippen LogP contribution in [-0.2, 0) is 9.47 Å². The lowest BCUT2D eigenvalue weighted by Crippen LogP contribution is -2.58. The number of methoxy groups -OCH3 is 1. The van der Waals surface area contributed by atoms with Crippen molar-refractivity contribution in [2.45, 2.75) is 61.0 Å². The maximum Gasteiger partial charge on any atom is 0.147 e. The van der Waals surface area contributed by atoms with Gasteiger partial charge in [-0.15, -0.1) is 0 Å². The van der Waals surface area contributed by atoms with Crippen molar-refractivity contribution in [3.63, 3.8) is 0 Å². The molecule has 2 saturated heterocycles. The first-order valence-corrected chi connectivity index (χ1v) is 10.0. The molecule has 10 atom stereocenters. The Kier molecular flexibility index (Phi) is 8.07. The zero-order chi connectivity index (χ0) is 23.6. The molecule has 0 radical (unpaired) electrons. The van der Waals surface area contributed by atoms with Gasteiger partial charge in [-0.3, -0.25) is 0 Å². The van der Waals surface area contributed by atoms with Crippen LogP contribution in [0, 0.1) is 11.8 Å². The second kappa shape index (κ2) is 10.4. The van der Waals surface area contributed by atoms with Gasteiger partial charge in [-0.25, -0.2) is 0 Å². The molecule has 178 valence electrons. The van der Waals surface area contributed by atoms with E-state index in [1.807, 2.05) is 0 Å². The Morgan fingerprint density at radius 1 is 0.812 bits per heavy atom. The molecule has 11 nitrogen and oxygen atoms in total. The van der Waals surface area contributed by atoms with Gasteiger partial charge in [0, 0.05) is 0 Å². The Balaban J connectivity index is 1.84. The maximum atomic E-state index is 10.3. The lowest BCUT2D eigenvalue weighted by molar-refractivity contribution is -0.231. The van der Waals surface area contributed by atoms with Crippen molar-refractivity contribution in [1.29, 1.82) is 0 Å². The zero-order valence-electron chi connectivity index (χ0n) is 17.2. The largest absolute Gasteiger partial charge is 0.495 e. The first-order valence-electron chi connectivity index (χ1n) is 10.0. The minimum Gasteiger partial charge on any atom is -0.495 e. The van der Waals surface area contributed by atoms with Crippen LogP contribution in [0.25, 0.3) is 0 Å². The van der Waals surface area contributed by atoms with Gasteiger partial charge in [0.25, 0.3) is 0 Å². The summed E-state index contributed by atoms with van der Waals surface area (Å²) in [6.45, 7) is -1.12. The fourth-order valence-corrected chi connectivity index (χ4v) is 3.73. The highest BCUT2D eigenvalue weighted by atomic mass is 16.6. The van der Waals surface area contributed by atoms with E-state index < -0.39 is 74.3 Å². The summed E-state index contributed by atoms with van der Waals surface area (Å²) < 4.78 is 16.2. The molecule has 0 amide bonds. The van der Waals surface area contributed by atoms with Crippen molar-refractivity contribution in [3.8, 4) is 17.6 Å². The van der Waals surface area contributed by atoms with E-state index in [1.165, 1.54) is 19.2 Å². The fourth-order valence-electron chi connectivity index (χ4n) is 3.73. The first kappa shape index (κ1) is 24.8. The summed E-state index contributed by atoms with van der Waals surface area (Å²) in [4.78, 5) is 0.